The predicted octanol–water partition coefficient (Wildman–Crippen LogP) is 2.84. The summed E-state index contributed by atoms with van der Waals surface area (Å²) in [6.07, 6.45) is 2.67. The summed E-state index contributed by atoms with van der Waals surface area (Å²) in [7, 11) is 0. The number of hydrogen-bond donors (Lipinski definition) is 1. The number of carbonyl (C=O) groups excluding carboxylic acids is 1. The third-order valence-corrected chi connectivity index (χ3v) is 4.24. The van der Waals surface area contributed by atoms with E-state index in [-0.39, 0.29) is 11.7 Å². The molecule has 23 heavy (non-hydrogen) atoms. The van der Waals surface area contributed by atoms with E-state index in [4.69, 9.17) is 9.84 Å². The van der Waals surface area contributed by atoms with Gasteiger partial charge in [-0.15, -0.1) is 0 Å². The molecule has 1 aromatic carbocycles. The van der Waals surface area contributed by atoms with Crippen molar-refractivity contribution in [3.05, 3.63) is 29.8 Å². The van der Waals surface area contributed by atoms with E-state index in [1.807, 2.05) is 31.2 Å². The van der Waals surface area contributed by atoms with Crippen LogP contribution in [-0.4, -0.2) is 48.0 Å². The molecule has 1 aromatic rings. The maximum atomic E-state index is 12.4. The molecule has 1 aliphatic heterocycles. The fraction of sp³-hybridized carbons (Fsp3) is 0.556. The van der Waals surface area contributed by atoms with Gasteiger partial charge in [0, 0.05) is 13.0 Å². The summed E-state index contributed by atoms with van der Waals surface area (Å²) >= 11 is 0. The van der Waals surface area contributed by atoms with Crippen molar-refractivity contribution in [3.63, 3.8) is 0 Å². The summed E-state index contributed by atoms with van der Waals surface area (Å²) in [6, 6.07) is 7.37. The average Bonchev–Trinajstić information content (AvgIpc) is 2.58. The van der Waals surface area contributed by atoms with Crippen LogP contribution in [0.1, 0.15) is 43.0 Å². The minimum Gasteiger partial charge on any atom is -0.493 e. The first-order valence-corrected chi connectivity index (χ1v) is 8.32. The van der Waals surface area contributed by atoms with Gasteiger partial charge in [-0.3, -0.25) is 9.59 Å². The highest BCUT2D eigenvalue weighted by Crippen LogP contribution is 2.21. The number of carboxylic acids is 1. The summed E-state index contributed by atoms with van der Waals surface area (Å²) in [5, 5.41) is 9.01. The zero-order valence-electron chi connectivity index (χ0n) is 13.7. The highest BCUT2D eigenvalue weighted by atomic mass is 16.5. The Balaban J connectivity index is 1.85. The van der Waals surface area contributed by atoms with Gasteiger partial charge in [-0.05, 0) is 44.5 Å². The van der Waals surface area contributed by atoms with Crippen molar-refractivity contribution in [2.24, 2.45) is 5.92 Å². The number of aliphatic carboxylic acids is 1. The van der Waals surface area contributed by atoms with Gasteiger partial charge < -0.3 is 14.7 Å². The Morgan fingerprint density at radius 3 is 2.61 bits per heavy atom. The number of piperidine rings is 1. The van der Waals surface area contributed by atoms with E-state index in [0.29, 0.717) is 43.7 Å². The van der Waals surface area contributed by atoms with Crippen molar-refractivity contribution in [1.29, 1.82) is 0 Å². The van der Waals surface area contributed by atoms with Crippen molar-refractivity contribution < 1.29 is 19.4 Å². The zero-order valence-corrected chi connectivity index (χ0v) is 13.7. The van der Waals surface area contributed by atoms with Gasteiger partial charge in [0.2, 0.25) is 0 Å². The zero-order chi connectivity index (χ0) is 16.7. The van der Waals surface area contributed by atoms with E-state index in [9.17, 15) is 9.59 Å². The highest BCUT2D eigenvalue weighted by molar-refractivity contribution is 5.98. The molecule has 0 atom stereocenters. The molecule has 1 N–H and O–H groups in total. The number of benzene rings is 1. The van der Waals surface area contributed by atoms with Gasteiger partial charge >= 0.3 is 5.97 Å². The van der Waals surface area contributed by atoms with Gasteiger partial charge in [0.1, 0.15) is 5.75 Å². The van der Waals surface area contributed by atoms with E-state index in [1.54, 1.807) is 0 Å². The number of rotatable bonds is 8. The number of nitrogens with zero attached hydrogens (tertiary/aromatic N) is 1. The second-order valence-electron chi connectivity index (χ2n) is 5.97. The van der Waals surface area contributed by atoms with Crippen molar-refractivity contribution in [3.8, 4) is 5.75 Å². The topological polar surface area (TPSA) is 66.8 Å². The van der Waals surface area contributed by atoms with Gasteiger partial charge in [0.05, 0.1) is 18.1 Å². The number of carbonyl (C=O) groups is 2. The standard InChI is InChI=1S/C18H25NO4/c1-2-13-23-17-6-4-3-5-15(17)16(20)9-12-19-10-7-14(8-11-19)18(21)22/h3-6,14H,2,7-13H2,1H3,(H,21,22). The Morgan fingerprint density at radius 1 is 1.26 bits per heavy atom. The van der Waals surface area contributed by atoms with Crippen molar-refractivity contribution in [1.82, 2.24) is 4.90 Å². The first-order chi connectivity index (χ1) is 11.1. The second kappa shape index (κ2) is 8.67. The van der Waals surface area contributed by atoms with Gasteiger partial charge in [-0.1, -0.05) is 19.1 Å². The van der Waals surface area contributed by atoms with Crippen molar-refractivity contribution in [2.75, 3.05) is 26.2 Å². The van der Waals surface area contributed by atoms with Crippen LogP contribution in [0, 0.1) is 5.92 Å². The molecule has 1 aliphatic rings. The largest absolute Gasteiger partial charge is 0.493 e. The van der Waals surface area contributed by atoms with Crippen molar-refractivity contribution >= 4 is 11.8 Å². The van der Waals surface area contributed by atoms with E-state index < -0.39 is 5.97 Å². The van der Waals surface area contributed by atoms with Crippen LogP contribution in [-0.2, 0) is 4.79 Å². The summed E-state index contributed by atoms with van der Waals surface area (Å²) in [6.45, 7) is 4.81. The number of ketones is 1. The summed E-state index contributed by atoms with van der Waals surface area (Å²) in [5.41, 5.74) is 0.640. The lowest BCUT2D eigenvalue weighted by atomic mass is 9.97. The predicted molar refractivity (Wildman–Crippen MR) is 88.0 cm³/mol. The highest BCUT2D eigenvalue weighted by Gasteiger charge is 2.24. The monoisotopic (exact) mass is 319 g/mol. The SMILES string of the molecule is CCCOc1ccccc1C(=O)CCN1CCC(C(=O)O)CC1. The summed E-state index contributed by atoms with van der Waals surface area (Å²) in [5.74, 6) is -0.200. The molecule has 5 nitrogen and oxygen atoms in total. The first kappa shape index (κ1) is 17.5. The fourth-order valence-electron chi connectivity index (χ4n) is 2.83. The van der Waals surface area contributed by atoms with Crippen LogP contribution in [0.4, 0.5) is 0 Å². The lowest BCUT2D eigenvalue weighted by Crippen LogP contribution is -2.37. The Bertz CT molecular complexity index is 536. The van der Waals surface area contributed by atoms with E-state index in [0.717, 1.165) is 19.5 Å². The second-order valence-corrected chi connectivity index (χ2v) is 5.97. The molecular formula is C18H25NO4. The van der Waals surface area contributed by atoms with Crippen LogP contribution < -0.4 is 4.74 Å². The molecule has 0 aromatic heterocycles. The Kier molecular flexibility index (Phi) is 6.59. The smallest absolute Gasteiger partial charge is 0.306 e. The molecule has 0 radical (unpaired) electrons. The van der Waals surface area contributed by atoms with Gasteiger partial charge in [0.15, 0.2) is 5.78 Å². The first-order valence-electron chi connectivity index (χ1n) is 8.32. The minimum atomic E-state index is -0.706. The van der Waals surface area contributed by atoms with E-state index >= 15 is 0 Å². The maximum absolute atomic E-state index is 12.4. The van der Waals surface area contributed by atoms with Gasteiger partial charge in [-0.2, -0.15) is 0 Å². The number of Topliss-reactive ketones (excluding diaryl/α,β-unsaturated/α-hetero) is 1. The van der Waals surface area contributed by atoms with Crippen LogP contribution >= 0.6 is 0 Å². The van der Waals surface area contributed by atoms with Gasteiger partial charge in [0.25, 0.3) is 0 Å². The minimum absolute atomic E-state index is 0.0806. The van der Waals surface area contributed by atoms with E-state index in [2.05, 4.69) is 4.90 Å². The number of para-hydroxylation sites is 1. The molecule has 126 valence electrons. The molecule has 5 heteroatoms. The molecule has 1 fully saturated rings. The Morgan fingerprint density at radius 2 is 1.96 bits per heavy atom. The van der Waals surface area contributed by atoms with Crippen LogP contribution in [0.15, 0.2) is 24.3 Å². The Labute approximate surface area is 137 Å². The Hall–Kier alpha value is -1.88. The van der Waals surface area contributed by atoms with Crippen LogP contribution in [0.5, 0.6) is 5.75 Å². The normalized spacial score (nSPS) is 16.2. The third-order valence-electron chi connectivity index (χ3n) is 4.24. The molecule has 0 spiro atoms. The third kappa shape index (κ3) is 5.06. The average molecular weight is 319 g/mol. The number of carboxylic acid groups (broad SMARTS) is 1. The van der Waals surface area contributed by atoms with Crippen molar-refractivity contribution in [2.45, 2.75) is 32.6 Å². The number of likely N-dealkylation sites (tertiary alicyclic amines) is 1. The van der Waals surface area contributed by atoms with Crippen LogP contribution in [0.2, 0.25) is 0 Å². The van der Waals surface area contributed by atoms with Crippen LogP contribution in [0.25, 0.3) is 0 Å². The molecule has 0 unspecified atom stereocenters. The summed E-state index contributed by atoms with van der Waals surface area (Å²) < 4.78 is 5.64. The van der Waals surface area contributed by atoms with Crippen LogP contribution in [0.3, 0.4) is 0 Å². The quantitative estimate of drug-likeness (QED) is 0.746. The number of ether oxygens (including phenoxy) is 1. The molecule has 0 saturated carbocycles. The van der Waals surface area contributed by atoms with Gasteiger partial charge in [-0.25, -0.2) is 0 Å². The molecule has 2 rings (SSSR count). The molecule has 1 heterocycles. The lowest BCUT2D eigenvalue weighted by molar-refractivity contribution is -0.143. The lowest BCUT2D eigenvalue weighted by Gasteiger charge is -2.29. The maximum Gasteiger partial charge on any atom is 0.306 e. The molecular weight excluding hydrogens is 294 g/mol. The summed E-state index contributed by atoms with van der Waals surface area (Å²) in [4.78, 5) is 25.6. The van der Waals surface area contributed by atoms with E-state index in [1.165, 1.54) is 0 Å². The molecule has 0 amide bonds. The molecule has 1 saturated heterocycles. The molecule has 0 bridgehead atoms. The fourth-order valence-corrected chi connectivity index (χ4v) is 2.83. The number of hydrogen-bond acceptors (Lipinski definition) is 4. The molecule has 0 aliphatic carbocycles.